The summed E-state index contributed by atoms with van der Waals surface area (Å²) in [6.07, 6.45) is 3.01. The number of hydrogen-bond donors (Lipinski definition) is 2. The van der Waals surface area contributed by atoms with Crippen LogP contribution in [0.25, 0.3) is 0 Å². The van der Waals surface area contributed by atoms with Crippen LogP contribution in [0.3, 0.4) is 0 Å². The van der Waals surface area contributed by atoms with Crippen LogP contribution in [-0.4, -0.2) is 22.5 Å². The van der Waals surface area contributed by atoms with E-state index < -0.39 is 23.2 Å². The van der Waals surface area contributed by atoms with Crippen molar-refractivity contribution in [3.8, 4) is 0 Å². The monoisotopic (exact) mass is 279 g/mol. The molecule has 0 saturated heterocycles. The minimum absolute atomic E-state index is 0.0902. The Labute approximate surface area is 117 Å². The van der Waals surface area contributed by atoms with Gasteiger partial charge in [-0.15, -0.1) is 0 Å². The van der Waals surface area contributed by atoms with Crippen LogP contribution in [0, 0.1) is 12.7 Å². The number of benzene rings is 1. The molecule has 0 bridgehead atoms. The topological polar surface area (TPSA) is 66.4 Å². The highest BCUT2D eigenvalue weighted by atomic mass is 19.1. The molecule has 0 heterocycles. The molecule has 1 aliphatic rings. The van der Waals surface area contributed by atoms with Crippen LogP contribution in [0.15, 0.2) is 18.2 Å². The lowest BCUT2D eigenvalue weighted by atomic mass is 9.92. The van der Waals surface area contributed by atoms with E-state index in [-0.39, 0.29) is 12.0 Å². The van der Waals surface area contributed by atoms with E-state index in [0.29, 0.717) is 18.4 Å². The van der Waals surface area contributed by atoms with Gasteiger partial charge in [0.25, 0.3) is 5.91 Å². The average Bonchev–Trinajstić information content (AvgIpc) is 2.79. The van der Waals surface area contributed by atoms with Gasteiger partial charge in [-0.2, -0.15) is 0 Å². The van der Waals surface area contributed by atoms with Gasteiger partial charge in [0.05, 0.1) is 12.0 Å². The smallest absolute Gasteiger partial charge is 0.305 e. The number of amides is 1. The minimum Gasteiger partial charge on any atom is -0.481 e. The number of aryl methyl sites for hydroxylation is 1. The lowest BCUT2D eigenvalue weighted by Crippen LogP contribution is -2.48. The van der Waals surface area contributed by atoms with Gasteiger partial charge in [0.2, 0.25) is 0 Å². The third-order valence-electron chi connectivity index (χ3n) is 3.87. The highest BCUT2D eigenvalue weighted by molar-refractivity contribution is 5.96. The van der Waals surface area contributed by atoms with Crippen molar-refractivity contribution in [3.05, 3.63) is 35.1 Å². The number of carbonyl (C=O) groups is 2. The van der Waals surface area contributed by atoms with E-state index in [0.717, 1.165) is 12.8 Å². The molecule has 0 atom stereocenters. The van der Waals surface area contributed by atoms with Crippen LogP contribution in [0.1, 0.15) is 48.0 Å². The third kappa shape index (κ3) is 3.15. The lowest BCUT2D eigenvalue weighted by molar-refractivity contribution is -0.138. The molecule has 20 heavy (non-hydrogen) atoms. The summed E-state index contributed by atoms with van der Waals surface area (Å²) in [6, 6.07) is 4.03. The van der Waals surface area contributed by atoms with Gasteiger partial charge in [0.1, 0.15) is 5.82 Å². The van der Waals surface area contributed by atoms with E-state index >= 15 is 0 Å². The molecule has 108 valence electrons. The zero-order chi connectivity index (χ0) is 14.8. The van der Waals surface area contributed by atoms with E-state index in [1.807, 2.05) is 0 Å². The first-order chi connectivity index (χ1) is 9.42. The van der Waals surface area contributed by atoms with Gasteiger partial charge in [-0.05, 0) is 37.5 Å². The van der Waals surface area contributed by atoms with Crippen molar-refractivity contribution in [2.45, 2.75) is 44.6 Å². The summed E-state index contributed by atoms with van der Waals surface area (Å²) in [5, 5.41) is 11.8. The molecule has 1 aliphatic carbocycles. The minimum atomic E-state index is -0.928. The fraction of sp³-hybridized carbons (Fsp3) is 0.467. The SMILES string of the molecule is Cc1ccc(F)cc1C(=O)NC1(CC(=O)O)CCCC1. The highest BCUT2D eigenvalue weighted by Crippen LogP contribution is 2.33. The first-order valence-corrected chi connectivity index (χ1v) is 6.72. The van der Waals surface area contributed by atoms with Gasteiger partial charge >= 0.3 is 5.97 Å². The molecular formula is C15H18FNO3. The predicted molar refractivity (Wildman–Crippen MR) is 72.1 cm³/mol. The molecule has 0 aromatic heterocycles. The van der Waals surface area contributed by atoms with Crippen molar-refractivity contribution in [2.24, 2.45) is 0 Å². The van der Waals surface area contributed by atoms with Crippen molar-refractivity contribution in [2.75, 3.05) is 0 Å². The average molecular weight is 279 g/mol. The van der Waals surface area contributed by atoms with Gasteiger partial charge in [0.15, 0.2) is 0 Å². The van der Waals surface area contributed by atoms with Crippen molar-refractivity contribution in [3.63, 3.8) is 0 Å². The van der Waals surface area contributed by atoms with Crippen molar-refractivity contribution in [1.82, 2.24) is 5.32 Å². The molecular weight excluding hydrogens is 261 g/mol. The molecule has 0 spiro atoms. The number of carboxylic acid groups (broad SMARTS) is 1. The fourth-order valence-corrected chi connectivity index (χ4v) is 2.83. The quantitative estimate of drug-likeness (QED) is 0.890. The van der Waals surface area contributed by atoms with Crippen molar-refractivity contribution < 1.29 is 19.1 Å². The third-order valence-corrected chi connectivity index (χ3v) is 3.87. The zero-order valence-corrected chi connectivity index (χ0v) is 11.4. The number of carboxylic acids is 1. The van der Waals surface area contributed by atoms with Gasteiger partial charge in [0, 0.05) is 5.56 Å². The standard InChI is InChI=1S/C15H18FNO3/c1-10-4-5-11(16)8-12(10)14(20)17-15(9-13(18)19)6-2-3-7-15/h4-5,8H,2-3,6-7,9H2,1H3,(H,17,20)(H,18,19). The van der Waals surface area contributed by atoms with Gasteiger partial charge in [-0.3, -0.25) is 9.59 Å². The number of nitrogens with one attached hydrogen (secondary N) is 1. The summed E-state index contributed by atoms with van der Waals surface area (Å²) in [6.45, 7) is 1.73. The molecule has 0 unspecified atom stereocenters. The Morgan fingerprint density at radius 2 is 2.00 bits per heavy atom. The fourth-order valence-electron chi connectivity index (χ4n) is 2.83. The largest absolute Gasteiger partial charge is 0.481 e. The second-order valence-corrected chi connectivity index (χ2v) is 5.47. The molecule has 0 aliphatic heterocycles. The molecule has 5 heteroatoms. The van der Waals surface area contributed by atoms with Crippen LogP contribution in [-0.2, 0) is 4.79 Å². The molecule has 1 saturated carbocycles. The van der Waals surface area contributed by atoms with E-state index in [4.69, 9.17) is 5.11 Å². The van der Waals surface area contributed by atoms with Crippen LogP contribution in [0.5, 0.6) is 0 Å². The number of carbonyl (C=O) groups excluding carboxylic acids is 1. The summed E-state index contributed by atoms with van der Waals surface area (Å²) in [7, 11) is 0. The van der Waals surface area contributed by atoms with E-state index in [9.17, 15) is 14.0 Å². The van der Waals surface area contributed by atoms with Gasteiger partial charge in [-0.1, -0.05) is 18.9 Å². The maximum atomic E-state index is 13.3. The zero-order valence-electron chi connectivity index (χ0n) is 11.4. The Hall–Kier alpha value is -1.91. The number of aliphatic carboxylic acids is 1. The summed E-state index contributed by atoms with van der Waals surface area (Å²) in [5.74, 6) is -1.80. The molecule has 1 amide bonds. The molecule has 2 N–H and O–H groups in total. The normalized spacial score (nSPS) is 16.9. The molecule has 1 aromatic rings. The van der Waals surface area contributed by atoms with Crippen LogP contribution >= 0.6 is 0 Å². The summed E-state index contributed by atoms with van der Waals surface area (Å²) in [5.41, 5.74) is 0.246. The lowest BCUT2D eigenvalue weighted by Gasteiger charge is -2.29. The van der Waals surface area contributed by atoms with Gasteiger partial charge < -0.3 is 10.4 Å². The molecule has 4 nitrogen and oxygen atoms in total. The Kier molecular flexibility index (Phi) is 4.06. The van der Waals surface area contributed by atoms with Crippen molar-refractivity contribution in [1.29, 1.82) is 0 Å². The molecule has 0 radical (unpaired) electrons. The van der Waals surface area contributed by atoms with Crippen LogP contribution in [0.2, 0.25) is 0 Å². The van der Waals surface area contributed by atoms with Gasteiger partial charge in [-0.25, -0.2) is 4.39 Å². The maximum absolute atomic E-state index is 13.3. The predicted octanol–water partition coefficient (Wildman–Crippen LogP) is 2.65. The number of halogens is 1. The van der Waals surface area contributed by atoms with E-state index in [2.05, 4.69) is 5.32 Å². The van der Waals surface area contributed by atoms with E-state index in [1.165, 1.54) is 12.1 Å². The Morgan fingerprint density at radius 1 is 1.35 bits per heavy atom. The molecule has 1 fully saturated rings. The summed E-state index contributed by atoms with van der Waals surface area (Å²) < 4.78 is 13.3. The van der Waals surface area contributed by atoms with Crippen LogP contribution in [0.4, 0.5) is 4.39 Å². The Bertz CT molecular complexity index is 536. The first-order valence-electron chi connectivity index (χ1n) is 6.72. The second kappa shape index (κ2) is 5.61. The van der Waals surface area contributed by atoms with Crippen molar-refractivity contribution >= 4 is 11.9 Å². The second-order valence-electron chi connectivity index (χ2n) is 5.47. The highest BCUT2D eigenvalue weighted by Gasteiger charge is 2.37. The molecule has 2 rings (SSSR count). The molecule has 1 aromatic carbocycles. The first kappa shape index (κ1) is 14.5. The summed E-state index contributed by atoms with van der Waals surface area (Å²) in [4.78, 5) is 23.3. The van der Waals surface area contributed by atoms with Crippen LogP contribution < -0.4 is 5.32 Å². The number of hydrogen-bond acceptors (Lipinski definition) is 2. The summed E-state index contributed by atoms with van der Waals surface area (Å²) >= 11 is 0. The maximum Gasteiger partial charge on any atom is 0.305 e. The Morgan fingerprint density at radius 3 is 2.60 bits per heavy atom. The number of rotatable bonds is 4. The Balaban J connectivity index is 2.20. The van der Waals surface area contributed by atoms with E-state index in [1.54, 1.807) is 13.0 Å².